The third-order valence-corrected chi connectivity index (χ3v) is 6.94. The lowest BCUT2D eigenvalue weighted by molar-refractivity contribution is 0.590. The maximum atomic E-state index is 6.80. The molecule has 0 radical (unpaired) electrons. The van der Waals surface area contributed by atoms with Crippen LogP contribution in [0.3, 0.4) is 0 Å². The smallest absolute Gasteiger partial charge is 0.154 e. The highest BCUT2D eigenvalue weighted by molar-refractivity contribution is 6.36. The standard InChI is InChI=1S/C32H32ClNO/c1-31(2,3)21-11-15-23(16-12-21)34(24-17-13-22(14-18-24)32(4,5)6)25-19-27-26-9-7-8-10-29(26)35-30(27)28(33)20-25/h7-20H,1-6H3. The highest BCUT2D eigenvalue weighted by atomic mass is 35.5. The molecule has 1 heterocycles. The van der Waals surface area contributed by atoms with Crippen molar-refractivity contribution in [2.24, 2.45) is 0 Å². The Morgan fingerprint density at radius 2 is 1.11 bits per heavy atom. The Morgan fingerprint density at radius 3 is 1.63 bits per heavy atom. The topological polar surface area (TPSA) is 16.4 Å². The van der Waals surface area contributed by atoms with Crippen LogP contribution >= 0.6 is 11.6 Å². The molecule has 0 aliphatic rings. The number of para-hydroxylation sites is 1. The first kappa shape index (κ1) is 23.5. The predicted molar refractivity (Wildman–Crippen MR) is 151 cm³/mol. The van der Waals surface area contributed by atoms with Crippen LogP contribution in [-0.2, 0) is 10.8 Å². The molecular weight excluding hydrogens is 450 g/mol. The molecule has 0 bridgehead atoms. The summed E-state index contributed by atoms with van der Waals surface area (Å²) in [5.74, 6) is 0. The van der Waals surface area contributed by atoms with Crippen LogP contribution in [0.4, 0.5) is 17.1 Å². The molecule has 0 aliphatic carbocycles. The van der Waals surface area contributed by atoms with Crippen molar-refractivity contribution in [1.82, 2.24) is 0 Å². The zero-order chi connectivity index (χ0) is 25.0. The fourth-order valence-corrected chi connectivity index (χ4v) is 4.82. The summed E-state index contributed by atoms with van der Waals surface area (Å²) in [5, 5.41) is 2.69. The molecule has 5 aromatic rings. The second-order valence-corrected chi connectivity index (χ2v) is 11.7. The first-order valence-electron chi connectivity index (χ1n) is 12.1. The molecule has 4 aromatic carbocycles. The molecule has 0 spiro atoms. The molecule has 0 fully saturated rings. The Labute approximate surface area is 213 Å². The van der Waals surface area contributed by atoms with Crippen molar-refractivity contribution < 1.29 is 4.42 Å². The van der Waals surface area contributed by atoms with Crippen molar-refractivity contribution >= 4 is 50.6 Å². The maximum Gasteiger partial charge on any atom is 0.154 e. The summed E-state index contributed by atoms with van der Waals surface area (Å²) in [5.41, 5.74) is 7.54. The average molecular weight is 482 g/mol. The number of fused-ring (bicyclic) bond motifs is 3. The highest BCUT2D eigenvalue weighted by Crippen LogP contribution is 2.42. The summed E-state index contributed by atoms with van der Waals surface area (Å²) in [6.07, 6.45) is 0. The minimum Gasteiger partial charge on any atom is -0.454 e. The number of rotatable bonds is 3. The van der Waals surface area contributed by atoms with E-state index in [1.165, 1.54) is 11.1 Å². The Bertz CT molecular complexity index is 1440. The molecule has 0 amide bonds. The Kier molecular flexibility index (Phi) is 5.68. The average Bonchev–Trinajstić information content (AvgIpc) is 3.18. The molecule has 2 nitrogen and oxygen atoms in total. The summed E-state index contributed by atoms with van der Waals surface area (Å²) in [7, 11) is 0. The number of furan rings is 1. The number of hydrogen-bond acceptors (Lipinski definition) is 2. The quantitative estimate of drug-likeness (QED) is 0.255. The van der Waals surface area contributed by atoms with Gasteiger partial charge in [-0.3, -0.25) is 0 Å². The fraction of sp³-hybridized carbons (Fsp3) is 0.250. The number of benzene rings is 4. The van der Waals surface area contributed by atoms with E-state index >= 15 is 0 Å². The highest BCUT2D eigenvalue weighted by Gasteiger charge is 2.20. The van der Waals surface area contributed by atoms with E-state index in [4.69, 9.17) is 16.0 Å². The van der Waals surface area contributed by atoms with Gasteiger partial charge in [-0.1, -0.05) is 95.6 Å². The summed E-state index contributed by atoms with van der Waals surface area (Å²) < 4.78 is 6.09. The Morgan fingerprint density at radius 1 is 0.600 bits per heavy atom. The van der Waals surface area contributed by atoms with Gasteiger partial charge in [-0.05, 0) is 64.4 Å². The van der Waals surface area contributed by atoms with E-state index in [1.807, 2.05) is 24.3 Å². The van der Waals surface area contributed by atoms with Crippen LogP contribution in [0, 0.1) is 0 Å². The number of halogens is 1. The summed E-state index contributed by atoms with van der Waals surface area (Å²) in [6, 6.07) is 30.0. The van der Waals surface area contributed by atoms with Crippen LogP contribution in [0.1, 0.15) is 52.7 Å². The molecule has 0 aliphatic heterocycles. The lowest BCUT2D eigenvalue weighted by Gasteiger charge is -2.28. The molecule has 178 valence electrons. The van der Waals surface area contributed by atoms with Crippen molar-refractivity contribution in [2.75, 3.05) is 4.90 Å². The van der Waals surface area contributed by atoms with Crippen molar-refractivity contribution in [3.8, 4) is 0 Å². The zero-order valence-electron chi connectivity index (χ0n) is 21.3. The first-order chi connectivity index (χ1) is 16.5. The monoisotopic (exact) mass is 481 g/mol. The van der Waals surface area contributed by atoms with E-state index in [2.05, 4.69) is 107 Å². The van der Waals surface area contributed by atoms with Gasteiger partial charge in [0, 0.05) is 27.8 Å². The Hall–Kier alpha value is -3.23. The first-order valence-corrected chi connectivity index (χ1v) is 12.5. The van der Waals surface area contributed by atoms with Crippen LogP contribution in [0.15, 0.2) is 89.3 Å². The van der Waals surface area contributed by atoms with Crippen LogP contribution in [-0.4, -0.2) is 0 Å². The predicted octanol–water partition coefficient (Wildman–Crippen LogP) is 10.3. The normalized spacial score (nSPS) is 12.4. The minimum absolute atomic E-state index is 0.0929. The molecule has 5 rings (SSSR count). The molecule has 0 N–H and O–H groups in total. The molecular formula is C32H32ClNO. The van der Waals surface area contributed by atoms with Crippen molar-refractivity contribution in [3.05, 3.63) is 101 Å². The van der Waals surface area contributed by atoms with E-state index in [-0.39, 0.29) is 10.8 Å². The maximum absolute atomic E-state index is 6.80. The van der Waals surface area contributed by atoms with Gasteiger partial charge in [-0.2, -0.15) is 0 Å². The van der Waals surface area contributed by atoms with E-state index in [0.717, 1.165) is 39.0 Å². The number of anilines is 3. The van der Waals surface area contributed by atoms with Gasteiger partial charge in [-0.15, -0.1) is 0 Å². The largest absolute Gasteiger partial charge is 0.454 e. The molecule has 3 heteroatoms. The van der Waals surface area contributed by atoms with Crippen molar-refractivity contribution in [2.45, 2.75) is 52.4 Å². The van der Waals surface area contributed by atoms with E-state index in [9.17, 15) is 0 Å². The SMILES string of the molecule is CC(C)(C)c1ccc(N(c2ccc(C(C)(C)C)cc2)c2cc(Cl)c3oc4ccccc4c3c2)cc1. The minimum atomic E-state index is 0.0929. The number of nitrogens with zero attached hydrogens (tertiary/aromatic N) is 1. The van der Waals surface area contributed by atoms with Crippen molar-refractivity contribution in [1.29, 1.82) is 0 Å². The lowest BCUT2D eigenvalue weighted by Crippen LogP contribution is -2.14. The molecule has 0 saturated heterocycles. The van der Waals surface area contributed by atoms with Gasteiger partial charge in [0.2, 0.25) is 0 Å². The third kappa shape index (κ3) is 4.44. The van der Waals surface area contributed by atoms with E-state index in [0.29, 0.717) is 5.02 Å². The molecule has 35 heavy (non-hydrogen) atoms. The summed E-state index contributed by atoms with van der Waals surface area (Å²) in [6.45, 7) is 13.4. The zero-order valence-corrected chi connectivity index (χ0v) is 22.1. The summed E-state index contributed by atoms with van der Waals surface area (Å²) in [4.78, 5) is 2.27. The fourth-order valence-electron chi connectivity index (χ4n) is 4.57. The van der Waals surface area contributed by atoms with E-state index < -0.39 is 0 Å². The van der Waals surface area contributed by atoms with Gasteiger partial charge in [0.25, 0.3) is 0 Å². The van der Waals surface area contributed by atoms with Crippen LogP contribution < -0.4 is 4.90 Å². The van der Waals surface area contributed by atoms with Gasteiger partial charge in [0.15, 0.2) is 5.58 Å². The summed E-state index contributed by atoms with van der Waals surface area (Å²) >= 11 is 6.80. The second kappa shape index (κ2) is 8.46. The molecule has 0 saturated carbocycles. The van der Waals surface area contributed by atoms with E-state index in [1.54, 1.807) is 0 Å². The van der Waals surface area contributed by atoms with Crippen LogP contribution in [0.5, 0.6) is 0 Å². The third-order valence-electron chi connectivity index (χ3n) is 6.66. The Balaban J connectivity index is 1.70. The van der Waals surface area contributed by atoms with Crippen LogP contribution in [0.25, 0.3) is 21.9 Å². The van der Waals surface area contributed by atoms with Gasteiger partial charge in [0.05, 0.1) is 5.02 Å². The molecule has 0 unspecified atom stereocenters. The van der Waals surface area contributed by atoms with Gasteiger partial charge >= 0.3 is 0 Å². The second-order valence-electron chi connectivity index (χ2n) is 11.3. The molecule has 0 atom stereocenters. The molecule has 1 aromatic heterocycles. The van der Waals surface area contributed by atoms with Gasteiger partial charge in [-0.25, -0.2) is 0 Å². The van der Waals surface area contributed by atoms with Gasteiger partial charge in [0.1, 0.15) is 5.58 Å². The number of hydrogen-bond donors (Lipinski definition) is 0. The van der Waals surface area contributed by atoms with Crippen LogP contribution in [0.2, 0.25) is 5.02 Å². The van der Waals surface area contributed by atoms with Crippen molar-refractivity contribution in [3.63, 3.8) is 0 Å². The lowest BCUT2D eigenvalue weighted by atomic mass is 9.86. The van der Waals surface area contributed by atoms with Gasteiger partial charge < -0.3 is 9.32 Å².